The molecule has 0 aromatic carbocycles. The first kappa shape index (κ1) is 7.99. The molecule has 0 saturated heterocycles. The molecule has 1 aromatic rings. The normalized spacial score (nSPS) is 12.5. The lowest BCUT2D eigenvalue weighted by Crippen LogP contribution is -1.94. The molecule has 0 aliphatic rings. The van der Waals surface area contributed by atoms with E-state index in [-0.39, 0.29) is 0 Å². The van der Waals surface area contributed by atoms with E-state index in [1.807, 2.05) is 30.6 Å². The molecule has 1 rings (SSSR count). The van der Waals surface area contributed by atoms with Crippen LogP contribution >= 0.6 is 0 Å². The Labute approximate surface area is 67.8 Å². The highest BCUT2D eigenvalue weighted by atomic mass is 14.6. The zero-order chi connectivity index (χ0) is 8.10. The molecule has 58 valence electrons. The van der Waals surface area contributed by atoms with Crippen LogP contribution in [0.25, 0.3) is 0 Å². The Bertz CT molecular complexity index is 216. The number of allylic oxidation sites excluding steroid dienone is 1. The quantitative estimate of drug-likeness (QED) is 0.598. The summed E-state index contributed by atoms with van der Waals surface area (Å²) in [4.78, 5) is 3.95. The average Bonchev–Trinajstić information content (AvgIpc) is 2.06. The van der Waals surface area contributed by atoms with Crippen molar-refractivity contribution in [2.45, 2.75) is 13.3 Å². The molecule has 0 N–H and O–H groups in total. The summed E-state index contributed by atoms with van der Waals surface area (Å²) in [6, 6.07) is 4.08. The van der Waals surface area contributed by atoms with Crippen LogP contribution in [-0.2, 0) is 6.42 Å². The second-order valence-corrected chi connectivity index (χ2v) is 2.77. The molecule has 0 radical (unpaired) electrons. The van der Waals surface area contributed by atoms with Crippen LogP contribution in [0.3, 0.4) is 0 Å². The maximum Gasteiger partial charge on any atom is 0.0270 e. The highest BCUT2D eigenvalue weighted by Crippen LogP contribution is 2.06. The van der Waals surface area contributed by atoms with E-state index in [1.165, 1.54) is 5.56 Å². The Morgan fingerprint density at radius 1 is 1.55 bits per heavy atom. The van der Waals surface area contributed by atoms with Crippen LogP contribution < -0.4 is 0 Å². The monoisotopic (exact) mass is 147 g/mol. The molecule has 1 unspecified atom stereocenters. The number of hydrogen-bond acceptors (Lipinski definition) is 1. The summed E-state index contributed by atoms with van der Waals surface area (Å²) in [5, 5.41) is 0. The second-order valence-electron chi connectivity index (χ2n) is 2.77. The Hall–Kier alpha value is -1.11. The van der Waals surface area contributed by atoms with Gasteiger partial charge in [-0.1, -0.05) is 13.0 Å². The fourth-order valence-corrected chi connectivity index (χ4v) is 0.974. The average molecular weight is 147 g/mol. The molecular formula is C10H13N. The Kier molecular flexibility index (Phi) is 2.84. The van der Waals surface area contributed by atoms with Crippen molar-refractivity contribution in [3.63, 3.8) is 0 Å². The van der Waals surface area contributed by atoms with E-state index in [9.17, 15) is 0 Å². The maximum atomic E-state index is 3.95. The van der Waals surface area contributed by atoms with Crippen molar-refractivity contribution in [3.05, 3.63) is 42.7 Å². The third kappa shape index (κ3) is 2.54. The van der Waals surface area contributed by atoms with Crippen LogP contribution in [-0.4, -0.2) is 4.98 Å². The number of pyridine rings is 1. The minimum atomic E-state index is 0.553. The smallest absolute Gasteiger partial charge is 0.0270 e. The van der Waals surface area contributed by atoms with Crippen molar-refractivity contribution in [2.24, 2.45) is 5.92 Å². The lowest BCUT2D eigenvalue weighted by molar-refractivity contribution is 0.724. The lowest BCUT2D eigenvalue weighted by Gasteiger charge is -2.03. The van der Waals surface area contributed by atoms with E-state index in [4.69, 9.17) is 0 Å². The standard InChI is InChI=1S/C10H13N/c1-3-9(2)8-10-4-6-11-7-5-10/h3-7,9H,1,8H2,2H3. The number of aromatic nitrogens is 1. The van der Waals surface area contributed by atoms with E-state index in [0.717, 1.165) is 6.42 Å². The summed E-state index contributed by atoms with van der Waals surface area (Å²) >= 11 is 0. The molecule has 1 atom stereocenters. The summed E-state index contributed by atoms with van der Waals surface area (Å²) < 4.78 is 0. The van der Waals surface area contributed by atoms with Crippen molar-refractivity contribution in [1.82, 2.24) is 4.98 Å². The highest BCUT2D eigenvalue weighted by molar-refractivity contribution is 5.11. The van der Waals surface area contributed by atoms with Gasteiger partial charge < -0.3 is 0 Å². The number of nitrogens with zero attached hydrogens (tertiary/aromatic N) is 1. The van der Waals surface area contributed by atoms with Crippen LogP contribution in [0.1, 0.15) is 12.5 Å². The van der Waals surface area contributed by atoms with Gasteiger partial charge >= 0.3 is 0 Å². The first-order valence-electron chi connectivity index (χ1n) is 3.84. The third-order valence-electron chi connectivity index (χ3n) is 1.71. The van der Waals surface area contributed by atoms with E-state index >= 15 is 0 Å². The van der Waals surface area contributed by atoms with Gasteiger partial charge in [0, 0.05) is 12.4 Å². The molecule has 0 aliphatic heterocycles. The summed E-state index contributed by atoms with van der Waals surface area (Å²) in [5.41, 5.74) is 1.33. The Balaban J connectivity index is 2.57. The molecule has 1 heterocycles. The van der Waals surface area contributed by atoms with Gasteiger partial charge in [-0.25, -0.2) is 0 Å². The Morgan fingerprint density at radius 3 is 2.73 bits per heavy atom. The zero-order valence-electron chi connectivity index (χ0n) is 6.83. The van der Waals surface area contributed by atoms with Crippen LogP contribution in [0, 0.1) is 5.92 Å². The highest BCUT2D eigenvalue weighted by Gasteiger charge is 1.96. The second kappa shape index (κ2) is 3.91. The molecule has 1 aromatic heterocycles. The fourth-order valence-electron chi connectivity index (χ4n) is 0.974. The minimum absolute atomic E-state index is 0.553. The van der Waals surface area contributed by atoms with Gasteiger partial charge in [-0.15, -0.1) is 6.58 Å². The largest absolute Gasteiger partial charge is 0.265 e. The summed E-state index contributed by atoms with van der Waals surface area (Å²) in [7, 11) is 0. The molecule has 0 bridgehead atoms. The summed E-state index contributed by atoms with van der Waals surface area (Å²) in [6.45, 7) is 5.90. The minimum Gasteiger partial charge on any atom is -0.265 e. The van der Waals surface area contributed by atoms with Crippen molar-refractivity contribution in [3.8, 4) is 0 Å². The predicted molar refractivity (Wildman–Crippen MR) is 47.3 cm³/mol. The van der Waals surface area contributed by atoms with E-state index < -0.39 is 0 Å². The predicted octanol–water partition coefficient (Wildman–Crippen LogP) is 2.45. The van der Waals surface area contributed by atoms with Gasteiger partial charge in [-0.2, -0.15) is 0 Å². The van der Waals surface area contributed by atoms with Gasteiger partial charge in [0.2, 0.25) is 0 Å². The van der Waals surface area contributed by atoms with Crippen molar-refractivity contribution in [1.29, 1.82) is 0 Å². The third-order valence-corrected chi connectivity index (χ3v) is 1.71. The first-order chi connectivity index (χ1) is 5.33. The molecule has 1 nitrogen and oxygen atoms in total. The molecule has 0 amide bonds. The summed E-state index contributed by atoms with van der Waals surface area (Å²) in [5.74, 6) is 0.553. The molecular weight excluding hydrogens is 134 g/mol. The van der Waals surface area contributed by atoms with Crippen LogP contribution in [0.4, 0.5) is 0 Å². The van der Waals surface area contributed by atoms with Crippen molar-refractivity contribution >= 4 is 0 Å². The van der Waals surface area contributed by atoms with Crippen molar-refractivity contribution in [2.75, 3.05) is 0 Å². The van der Waals surface area contributed by atoms with Gasteiger partial charge in [0.15, 0.2) is 0 Å². The van der Waals surface area contributed by atoms with Crippen LogP contribution in [0.2, 0.25) is 0 Å². The van der Waals surface area contributed by atoms with E-state index in [2.05, 4.69) is 18.5 Å². The molecule has 0 fully saturated rings. The van der Waals surface area contributed by atoms with E-state index in [0.29, 0.717) is 5.92 Å². The molecule has 1 heteroatoms. The van der Waals surface area contributed by atoms with Gasteiger partial charge in [-0.05, 0) is 30.0 Å². The molecule has 11 heavy (non-hydrogen) atoms. The molecule has 0 saturated carbocycles. The summed E-state index contributed by atoms with van der Waals surface area (Å²) in [6.07, 6.45) is 6.68. The fraction of sp³-hybridized carbons (Fsp3) is 0.300. The topological polar surface area (TPSA) is 12.9 Å². The molecule has 0 spiro atoms. The molecule has 0 aliphatic carbocycles. The van der Waals surface area contributed by atoms with E-state index in [1.54, 1.807) is 0 Å². The van der Waals surface area contributed by atoms with Crippen LogP contribution in [0.15, 0.2) is 37.2 Å². The zero-order valence-corrected chi connectivity index (χ0v) is 6.83. The van der Waals surface area contributed by atoms with Gasteiger partial charge in [0.1, 0.15) is 0 Å². The van der Waals surface area contributed by atoms with Gasteiger partial charge in [0.25, 0.3) is 0 Å². The lowest BCUT2D eigenvalue weighted by atomic mass is 10.0. The Morgan fingerprint density at radius 2 is 2.18 bits per heavy atom. The first-order valence-corrected chi connectivity index (χ1v) is 3.84. The van der Waals surface area contributed by atoms with Crippen molar-refractivity contribution < 1.29 is 0 Å². The van der Waals surface area contributed by atoms with Gasteiger partial charge in [-0.3, -0.25) is 4.98 Å². The maximum absolute atomic E-state index is 3.95. The van der Waals surface area contributed by atoms with Crippen LogP contribution in [0.5, 0.6) is 0 Å². The SMILES string of the molecule is C=CC(C)Cc1ccncc1. The number of rotatable bonds is 3. The number of hydrogen-bond donors (Lipinski definition) is 0. The van der Waals surface area contributed by atoms with Gasteiger partial charge in [0.05, 0.1) is 0 Å².